The Labute approximate surface area is 124 Å². The van der Waals surface area contributed by atoms with Crippen LogP contribution in [0.3, 0.4) is 0 Å². The molecule has 1 N–H and O–H groups in total. The van der Waals surface area contributed by atoms with Crippen LogP contribution in [0.4, 0.5) is 24.7 Å². The van der Waals surface area contributed by atoms with Gasteiger partial charge in [0.05, 0.1) is 0 Å². The normalized spacial score (nSPS) is 11.1. The van der Waals surface area contributed by atoms with E-state index in [2.05, 4.69) is 15.3 Å². The zero-order valence-electron chi connectivity index (χ0n) is 11.8. The number of alkyl halides is 3. The Bertz CT molecular complexity index is 686. The number of anilines is 2. The van der Waals surface area contributed by atoms with E-state index in [4.69, 9.17) is 0 Å². The van der Waals surface area contributed by atoms with Crippen molar-refractivity contribution in [2.75, 3.05) is 24.3 Å². The Balaban J connectivity index is 2.20. The van der Waals surface area contributed by atoms with E-state index < -0.39 is 17.8 Å². The van der Waals surface area contributed by atoms with Gasteiger partial charge in [-0.3, -0.25) is 9.78 Å². The predicted octanol–water partition coefficient (Wildman–Crippen LogP) is 2.81. The van der Waals surface area contributed by atoms with Crippen molar-refractivity contribution in [3.05, 3.63) is 47.9 Å². The number of nitrogens with one attached hydrogen (secondary N) is 1. The smallest absolute Gasteiger partial charge is 0.378 e. The van der Waals surface area contributed by atoms with Crippen LogP contribution < -0.4 is 10.2 Å². The van der Waals surface area contributed by atoms with Gasteiger partial charge in [0.25, 0.3) is 5.91 Å². The highest BCUT2D eigenvalue weighted by molar-refractivity contribution is 6.02. The van der Waals surface area contributed by atoms with Crippen LogP contribution in [0.25, 0.3) is 0 Å². The van der Waals surface area contributed by atoms with Gasteiger partial charge < -0.3 is 10.2 Å². The third-order valence-electron chi connectivity index (χ3n) is 2.77. The van der Waals surface area contributed by atoms with Crippen molar-refractivity contribution in [2.24, 2.45) is 0 Å². The summed E-state index contributed by atoms with van der Waals surface area (Å²) in [5.41, 5.74) is -0.233. The van der Waals surface area contributed by atoms with Crippen molar-refractivity contribution >= 4 is 17.4 Å². The molecule has 0 atom stereocenters. The molecule has 116 valence electrons. The molecule has 2 heterocycles. The minimum atomic E-state index is -4.57. The van der Waals surface area contributed by atoms with Gasteiger partial charge in [-0.2, -0.15) is 13.2 Å². The topological polar surface area (TPSA) is 58.1 Å². The first-order chi connectivity index (χ1) is 10.3. The Morgan fingerprint density at radius 2 is 1.95 bits per heavy atom. The molecule has 0 bridgehead atoms. The third-order valence-corrected chi connectivity index (χ3v) is 2.77. The van der Waals surface area contributed by atoms with Gasteiger partial charge in [0.15, 0.2) is 0 Å². The molecule has 0 unspecified atom stereocenters. The number of pyridine rings is 2. The van der Waals surface area contributed by atoms with Gasteiger partial charge in [0.1, 0.15) is 17.2 Å². The molecule has 0 aliphatic heterocycles. The second-order valence-corrected chi connectivity index (χ2v) is 4.65. The van der Waals surface area contributed by atoms with Crippen molar-refractivity contribution < 1.29 is 18.0 Å². The molecule has 8 heteroatoms. The zero-order chi connectivity index (χ0) is 16.3. The molecule has 0 fully saturated rings. The molecule has 2 aromatic rings. The number of amides is 1. The molecule has 0 saturated heterocycles. The first kappa shape index (κ1) is 15.7. The Morgan fingerprint density at radius 1 is 1.23 bits per heavy atom. The molecule has 5 nitrogen and oxygen atoms in total. The van der Waals surface area contributed by atoms with Crippen molar-refractivity contribution in [1.29, 1.82) is 0 Å². The summed E-state index contributed by atoms with van der Waals surface area (Å²) in [6.07, 6.45) is -3.12. The lowest BCUT2D eigenvalue weighted by atomic mass is 10.3. The number of hydrogen-bond donors (Lipinski definition) is 1. The van der Waals surface area contributed by atoms with E-state index in [-0.39, 0.29) is 11.5 Å². The Morgan fingerprint density at radius 3 is 2.59 bits per heavy atom. The standard InChI is InChI=1S/C14H13F3N4O/c1-21(2)9-6-7-18-10(8-9)13(22)20-12-5-3-4-11(19-12)14(15,16)17/h3-8H,1-2H3,(H,19,20,22). The maximum atomic E-state index is 12.6. The SMILES string of the molecule is CN(C)c1ccnc(C(=O)Nc2cccc(C(F)(F)F)n2)c1. The van der Waals surface area contributed by atoms with Crippen LogP contribution in [0.2, 0.25) is 0 Å². The molecular formula is C14H13F3N4O. The molecule has 0 spiro atoms. The number of halogens is 3. The average molecular weight is 310 g/mol. The van der Waals surface area contributed by atoms with Crippen LogP contribution in [0.5, 0.6) is 0 Å². The quantitative estimate of drug-likeness (QED) is 0.947. The second kappa shape index (κ2) is 6.00. The number of rotatable bonds is 3. The molecule has 0 saturated carbocycles. The maximum absolute atomic E-state index is 12.6. The average Bonchev–Trinajstić information content (AvgIpc) is 2.46. The van der Waals surface area contributed by atoms with Crippen LogP contribution >= 0.6 is 0 Å². The molecular weight excluding hydrogens is 297 g/mol. The van der Waals surface area contributed by atoms with E-state index in [1.165, 1.54) is 24.4 Å². The van der Waals surface area contributed by atoms with Gasteiger partial charge in [-0.25, -0.2) is 4.98 Å². The van der Waals surface area contributed by atoms with E-state index in [1.54, 1.807) is 25.1 Å². The fraction of sp³-hybridized carbons (Fsp3) is 0.214. The Hall–Kier alpha value is -2.64. The first-order valence-corrected chi connectivity index (χ1v) is 6.26. The largest absolute Gasteiger partial charge is 0.433 e. The lowest BCUT2D eigenvalue weighted by molar-refractivity contribution is -0.141. The van der Waals surface area contributed by atoms with Crippen LogP contribution in [-0.2, 0) is 6.18 Å². The molecule has 22 heavy (non-hydrogen) atoms. The monoisotopic (exact) mass is 310 g/mol. The first-order valence-electron chi connectivity index (χ1n) is 6.26. The van der Waals surface area contributed by atoms with Gasteiger partial charge in [-0.15, -0.1) is 0 Å². The van der Waals surface area contributed by atoms with Crippen LogP contribution in [0, 0.1) is 0 Å². The van der Waals surface area contributed by atoms with Crippen LogP contribution in [0.15, 0.2) is 36.5 Å². The summed E-state index contributed by atoms with van der Waals surface area (Å²) in [6.45, 7) is 0. The van der Waals surface area contributed by atoms with Gasteiger partial charge in [-0.05, 0) is 24.3 Å². The maximum Gasteiger partial charge on any atom is 0.433 e. The van der Waals surface area contributed by atoms with Crippen molar-refractivity contribution in [1.82, 2.24) is 9.97 Å². The minimum Gasteiger partial charge on any atom is -0.378 e. The summed E-state index contributed by atoms with van der Waals surface area (Å²) in [7, 11) is 3.59. The van der Waals surface area contributed by atoms with Gasteiger partial charge >= 0.3 is 6.18 Å². The van der Waals surface area contributed by atoms with E-state index in [0.29, 0.717) is 0 Å². The van der Waals surface area contributed by atoms with Gasteiger partial charge in [0.2, 0.25) is 0 Å². The number of nitrogens with zero attached hydrogens (tertiary/aromatic N) is 3. The predicted molar refractivity (Wildman–Crippen MR) is 75.8 cm³/mol. The highest BCUT2D eigenvalue weighted by Crippen LogP contribution is 2.28. The number of aromatic nitrogens is 2. The minimum absolute atomic E-state index is 0.0883. The summed E-state index contributed by atoms with van der Waals surface area (Å²) in [5, 5.41) is 2.31. The molecule has 1 amide bonds. The summed E-state index contributed by atoms with van der Waals surface area (Å²) in [6, 6.07) is 6.53. The molecule has 2 rings (SSSR count). The molecule has 2 aromatic heterocycles. The van der Waals surface area contributed by atoms with Crippen molar-refractivity contribution in [3.63, 3.8) is 0 Å². The molecule has 0 aromatic carbocycles. The van der Waals surface area contributed by atoms with E-state index in [0.717, 1.165) is 11.8 Å². The lowest BCUT2D eigenvalue weighted by Crippen LogP contribution is -2.17. The van der Waals surface area contributed by atoms with E-state index in [1.807, 2.05) is 0 Å². The third kappa shape index (κ3) is 3.72. The molecule has 0 aliphatic carbocycles. The summed E-state index contributed by atoms with van der Waals surface area (Å²) in [4.78, 5) is 21.1. The van der Waals surface area contributed by atoms with Gasteiger partial charge in [-0.1, -0.05) is 6.07 Å². The fourth-order valence-corrected chi connectivity index (χ4v) is 1.66. The zero-order valence-corrected chi connectivity index (χ0v) is 11.8. The second-order valence-electron chi connectivity index (χ2n) is 4.65. The highest BCUT2D eigenvalue weighted by atomic mass is 19.4. The van der Waals surface area contributed by atoms with E-state index in [9.17, 15) is 18.0 Å². The van der Waals surface area contributed by atoms with Crippen LogP contribution in [0.1, 0.15) is 16.2 Å². The van der Waals surface area contributed by atoms with Crippen LogP contribution in [-0.4, -0.2) is 30.0 Å². The number of carbonyl (C=O) groups is 1. The number of carbonyl (C=O) groups excluding carboxylic acids is 1. The Kier molecular flexibility index (Phi) is 4.30. The van der Waals surface area contributed by atoms with Crippen molar-refractivity contribution in [2.45, 2.75) is 6.18 Å². The summed E-state index contributed by atoms with van der Waals surface area (Å²) >= 11 is 0. The summed E-state index contributed by atoms with van der Waals surface area (Å²) < 4.78 is 37.7. The van der Waals surface area contributed by atoms with E-state index >= 15 is 0 Å². The molecule has 0 aliphatic rings. The van der Waals surface area contributed by atoms with Gasteiger partial charge in [0, 0.05) is 26.0 Å². The number of hydrogen-bond acceptors (Lipinski definition) is 4. The fourth-order valence-electron chi connectivity index (χ4n) is 1.66. The molecule has 0 radical (unpaired) electrons. The highest BCUT2D eigenvalue weighted by Gasteiger charge is 2.32. The van der Waals surface area contributed by atoms with Crippen molar-refractivity contribution in [3.8, 4) is 0 Å². The lowest BCUT2D eigenvalue weighted by Gasteiger charge is -2.13. The summed E-state index contributed by atoms with van der Waals surface area (Å²) in [5.74, 6) is -0.813.